The average Bonchev–Trinajstić information content (AvgIpc) is 3.11. The lowest BCUT2D eigenvalue weighted by Gasteiger charge is -2.33. The number of nitrogens with one attached hydrogen (secondary N) is 1. The highest BCUT2D eigenvalue weighted by atomic mass is 32.2. The smallest absolute Gasteiger partial charge is 0.292 e. The third-order valence-corrected chi connectivity index (χ3v) is 4.28. The van der Waals surface area contributed by atoms with Crippen LogP contribution in [0.15, 0.2) is 22.9 Å². The van der Waals surface area contributed by atoms with E-state index in [1.165, 1.54) is 0 Å². The lowest BCUT2D eigenvalue weighted by molar-refractivity contribution is 0.0629. The van der Waals surface area contributed by atoms with Crippen LogP contribution in [0.5, 0.6) is 0 Å². The molecule has 0 fully saturated rings. The summed E-state index contributed by atoms with van der Waals surface area (Å²) in [5.74, 6) is -0.104. The molecule has 10 heteroatoms. The third kappa shape index (κ3) is 3.42. The summed E-state index contributed by atoms with van der Waals surface area (Å²) in [5, 5.41) is 7.94. The molecule has 0 aromatic carbocycles. The minimum Gasteiger partial charge on any atom is -0.351 e. The molecule has 0 saturated carbocycles. The number of carbonyl (C=O) groups is 1. The van der Waals surface area contributed by atoms with E-state index in [1.807, 2.05) is 0 Å². The molecule has 1 atom stereocenters. The number of hydrogen-bond donors (Lipinski definition) is 1. The van der Waals surface area contributed by atoms with Gasteiger partial charge in [-0.05, 0) is 13.0 Å². The summed E-state index contributed by atoms with van der Waals surface area (Å²) in [6.07, 6.45) is 2.73. The van der Waals surface area contributed by atoms with Gasteiger partial charge in [-0.25, -0.2) is 13.1 Å². The van der Waals surface area contributed by atoms with Crippen LogP contribution in [0.3, 0.4) is 0 Å². The minimum atomic E-state index is -3.32. The summed E-state index contributed by atoms with van der Waals surface area (Å²) in [4.78, 5) is 14.1. The highest BCUT2D eigenvalue weighted by Crippen LogP contribution is 2.22. The van der Waals surface area contributed by atoms with Crippen molar-refractivity contribution in [3.63, 3.8) is 0 Å². The van der Waals surface area contributed by atoms with Gasteiger partial charge < -0.3 is 9.42 Å². The summed E-state index contributed by atoms with van der Waals surface area (Å²) in [6.45, 7) is 2.61. The second kappa shape index (κ2) is 5.78. The van der Waals surface area contributed by atoms with Crippen LogP contribution in [0.25, 0.3) is 0 Å². The quantitative estimate of drug-likeness (QED) is 0.834. The summed E-state index contributed by atoms with van der Waals surface area (Å²) in [5.41, 5.74) is 1.46. The standard InChI is InChI=1S/C13H17N5O4S/c1-9-5-12(22-16-9)13(19)17-7-10-3-4-14-18(10)11(8-17)6-15-23(2,20)21/h3-5,11,15H,6-8H2,1-2H3/t11-/m0/s1. The van der Waals surface area contributed by atoms with Crippen LogP contribution < -0.4 is 4.72 Å². The van der Waals surface area contributed by atoms with Crippen LogP contribution in [0.4, 0.5) is 0 Å². The van der Waals surface area contributed by atoms with Crippen molar-refractivity contribution in [3.8, 4) is 0 Å². The number of aryl methyl sites for hydroxylation is 1. The lowest BCUT2D eigenvalue weighted by Crippen LogP contribution is -2.45. The topological polar surface area (TPSA) is 110 Å². The first-order valence-corrected chi connectivity index (χ1v) is 8.92. The van der Waals surface area contributed by atoms with E-state index >= 15 is 0 Å². The molecular formula is C13H17N5O4S. The number of rotatable bonds is 4. The highest BCUT2D eigenvalue weighted by Gasteiger charge is 2.31. The first-order valence-electron chi connectivity index (χ1n) is 7.03. The van der Waals surface area contributed by atoms with Crippen molar-refractivity contribution in [1.82, 2.24) is 24.6 Å². The highest BCUT2D eigenvalue weighted by molar-refractivity contribution is 7.88. The molecule has 3 rings (SSSR count). The van der Waals surface area contributed by atoms with E-state index < -0.39 is 10.0 Å². The number of nitrogens with zero attached hydrogens (tertiary/aromatic N) is 4. The Morgan fingerprint density at radius 3 is 2.96 bits per heavy atom. The predicted molar refractivity (Wildman–Crippen MR) is 80.1 cm³/mol. The van der Waals surface area contributed by atoms with Gasteiger partial charge in [0.05, 0.1) is 30.2 Å². The second-order valence-corrected chi connectivity index (χ2v) is 7.39. The summed E-state index contributed by atoms with van der Waals surface area (Å²) in [6, 6.07) is 3.10. The van der Waals surface area contributed by atoms with E-state index in [-0.39, 0.29) is 24.3 Å². The van der Waals surface area contributed by atoms with Crippen molar-refractivity contribution in [2.75, 3.05) is 19.3 Å². The number of amides is 1. The maximum Gasteiger partial charge on any atom is 0.292 e. The van der Waals surface area contributed by atoms with E-state index in [4.69, 9.17) is 4.52 Å². The molecule has 1 aliphatic heterocycles. The van der Waals surface area contributed by atoms with Crippen molar-refractivity contribution >= 4 is 15.9 Å². The molecular weight excluding hydrogens is 322 g/mol. The molecule has 1 amide bonds. The van der Waals surface area contributed by atoms with Gasteiger partial charge in [0.1, 0.15) is 0 Å². The largest absolute Gasteiger partial charge is 0.351 e. The van der Waals surface area contributed by atoms with E-state index in [2.05, 4.69) is 15.0 Å². The van der Waals surface area contributed by atoms with Gasteiger partial charge in [-0.2, -0.15) is 5.10 Å². The van der Waals surface area contributed by atoms with Crippen molar-refractivity contribution in [3.05, 3.63) is 35.5 Å². The number of fused-ring (bicyclic) bond motifs is 1. The molecule has 0 unspecified atom stereocenters. The Kier molecular flexibility index (Phi) is 3.94. The molecule has 0 spiro atoms. The first-order chi connectivity index (χ1) is 10.8. The van der Waals surface area contributed by atoms with Gasteiger partial charge in [0, 0.05) is 25.4 Å². The van der Waals surface area contributed by atoms with E-state index in [0.717, 1.165) is 11.9 Å². The normalized spacial score (nSPS) is 18.0. The van der Waals surface area contributed by atoms with Gasteiger partial charge in [-0.3, -0.25) is 9.48 Å². The molecule has 0 aliphatic carbocycles. The Morgan fingerprint density at radius 2 is 2.30 bits per heavy atom. The lowest BCUT2D eigenvalue weighted by atomic mass is 10.2. The van der Waals surface area contributed by atoms with Gasteiger partial charge in [-0.1, -0.05) is 5.16 Å². The van der Waals surface area contributed by atoms with Crippen molar-refractivity contribution < 1.29 is 17.7 Å². The van der Waals surface area contributed by atoms with Gasteiger partial charge >= 0.3 is 0 Å². The second-order valence-electron chi connectivity index (χ2n) is 5.56. The van der Waals surface area contributed by atoms with Crippen LogP contribution in [0.1, 0.15) is 28.0 Å². The zero-order valence-electron chi connectivity index (χ0n) is 12.8. The molecule has 9 nitrogen and oxygen atoms in total. The molecule has 23 heavy (non-hydrogen) atoms. The third-order valence-electron chi connectivity index (χ3n) is 3.59. The SMILES string of the molecule is Cc1cc(C(=O)N2Cc3ccnn3[C@@H](CNS(C)(=O)=O)C2)on1. The maximum atomic E-state index is 12.5. The van der Waals surface area contributed by atoms with E-state index in [0.29, 0.717) is 18.8 Å². The van der Waals surface area contributed by atoms with E-state index in [1.54, 1.807) is 34.8 Å². The molecule has 1 N–H and O–H groups in total. The summed E-state index contributed by atoms with van der Waals surface area (Å²) < 4.78 is 31.9. The average molecular weight is 339 g/mol. The maximum absolute atomic E-state index is 12.5. The Hall–Kier alpha value is -2.20. The molecule has 124 valence electrons. The van der Waals surface area contributed by atoms with E-state index in [9.17, 15) is 13.2 Å². The number of aromatic nitrogens is 3. The number of hydrogen-bond acceptors (Lipinski definition) is 6. The Morgan fingerprint density at radius 1 is 1.52 bits per heavy atom. The van der Waals surface area contributed by atoms with Crippen molar-refractivity contribution in [1.29, 1.82) is 0 Å². The van der Waals surface area contributed by atoms with Crippen LogP contribution in [-0.4, -0.2) is 53.5 Å². The molecule has 2 aromatic heterocycles. The van der Waals surface area contributed by atoms with Crippen LogP contribution in [-0.2, 0) is 16.6 Å². The van der Waals surface area contributed by atoms with Gasteiger partial charge in [-0.15, -0.1) is 0 Å². The van der Waals surface area contributed by atoms with Crippen LogP contribution >= 0.6 is 0 Å². The van der Waals surface area contributed by atoms with Gasteiger partial charge in [0.25, 0.3) is 5.91 Å². The fourth-order valence-electron chi connectivity index (χ4n) is 2.56. The molecule has 1 aliphatic rings. The molecule has 2 aromatic rings. The Bertz CT molecular complexity index is 825. The van der Waals surface area contributed by atoms with Crippen molar-refractivity contribution in [2.24, 2.45) is 0 Å². The molecule has 0 saturated heterocycles. The minimum absolute atomic E-state index is 0.159. The van der Waals surface area contributed by atoms with Gasteiger partial charge in [0.2, 0.25) is 15.8 Å². The zero-order valence-corrected chi connectivity index (χ0v) is 13.6. The fraction of sp³-hybridized carbons (Fsp3) is 0.462. The number of sulfonamides is 1. The molecule has 3 heterocycles. The summed E-state index contributed by atoms with van der Waals surface area (Å²) in [7, 11) is -3.32. The monoisotopic (exact) mass is 339 g/mol. The van der Waals surface area contributed by atoms with Crippen LogP contribution in [0.2, 0.25) is 0 Å². The van der Waals surface area contributed by atoms with Crippen LogP contribution in [0, 0.1) is 6.92 Å². The molecule has 0 radical (unpaired) electrons. The first kappa shape index (κ1) is 15.7. The Labute approximate surface area is 133 Å². The molecule has 0 bridgehead atoms. The summed E-state index contributed by atoms with van der Waals surface area (Å²) >= 11 is 0. The van der Waals surface area contributed by atoms with Gasteiger partial charge in [0.15, 0.2) is 0 Å². The predicted octanol–water partition coefficient (Wildman–Crippen LogP) is -0.0742. The fourth-order valence-corrected chi connectivity index (χ4v) is 3.06. The Balaban J connectivity index is 1.81. The number of carbonyl (C=O) groups excluding carboxylic acids is 1. The zero-order chi connectivity index (χ0) is 16.6. The van der Waals surface area contributed by atoms with Crippen molar-refractivity contribution in [2.45, 2.75) is 19.5 Å².